The minimum atomic E-state index is -0.531. The predicted molar refractivity (Wildman–Crippen MR) is 162 cm³/mol. The maximum absolute atomic E-state index is 15.0. The molecule has 1 aliphatic heterocycles. The predicted octanol–water partition coefficient (Wildman–Crippen LogP) is 7.31. The van der Waals surface area contributed by atoms with E-state index in [2.05, 4.69) is 49.6 Å². The Morgan fingerprint density at radius 1 is 0.951 bits per heavy atom. The number of nitrogens with zero attached hydrogens (tertiary/aromatic N) is 1. The van der Waals surface area contributed by atoms with Crippen LogP contribution in [0.4, 0.5) is 10.1 Å². The number of piperidine rings is 1. The van der Waals surface area contributed by atoms with Crippen LogP contribution in [0.15, 0.2) is 66.7 Å². The summed E-state index contributed by atoms with van der Waals surface area (Å²) < 4.78 is 15.0. The number of benzene rings is 3. The highest BCUT2D eigenvalue weighted by Gasteiger charge is 2.40. The first-order valence-electron chi connectivity index (χ1n) is 14.9. The van der Waals surface area contributed by atoms with Crippen molar-refractivity contribution >= 4 is 17.5 Å². The van der Waals surface area contributed by atoms with Gasteiger partial charge in [-0.1, -0.05) is 75.7 Å². The van der Waals surface area contributed by atoms with Crippen LogP contribution in [0.3, 0.4) is 0 Å². The van der Waals surface area contributed by atoms with Crippen LogP contribution in [0.2, 0.25) is 0 Å². The molecule has 2 aliphatic rings. The number of nitrogens with one attached hydrogen (secondary N) is 2. The van der Waals surface area contributed by atoms with Gasteiger partial charge < -0.3 is 15.5 Å². The topological polar surface area (TPSA) is 61.4 Å². The Morgan fingerprint density at radius 2 is 1.68 bits per heavy atom. The Morgan fingerprint density at radius 3 is 2.34 bits per heavy atom. The summed E-state index contributed by atoms with van der Waals surface area (Å²) in [5.41, 5.74) is 4.56. The fourth-order valence-electron chi connectivity index (χ4n) is 5.96. The summed E-state index contributed by atoms with van der Waals surface area (Å²) >= 11 is 0. The van der Waals surface area contributed by atoms with Gasteiger partial charge in [-0.05, 0) is 78.5 Å². The minimum absolute atomic E-state index is 0.0514. The molecule has 41 heavy (non-hydrogen) atoms. The van der Waals surface area contributed by atoms with Crippen LogP contribution in [0.1, 0.15) is 91.5 Å². The second-order valence-electron chi connectivity index (χ2n) is 12.7. The molecule has 2 N–H and O–H groups in total. The number of rotatable bonds is 7. The first kappa shape index (κ1) is 29.0. The molecule has 216 valence electrons. The molecule has 3 aromatic carbocycles. The molecule has 2 fully saturated rings. The zero-order valence-corrected chi connectivity index (χ0v) is 24.7. The van der Waals surface area contributed by atoms with Crippen LogP contribution in [-0.4, -0.2) is 29.3 Å². The lowest BCUT2D eigenvalue weighted by molar-refractivity contribution is -0.123. The van der Waals surface area contributed by atoms with Crippen LogP contribution in [0.5, 0.6) is 0 Å². The van der Waals surface area contributed by atoms with Gasteiger partial charge in [-0.25, -0.2) is 4.39 Å². The Labute approximate surface area is 243 Å². The zero-order chi connectivity index (χ0) is 29.1. The van der Waals surface area contributed by atoms with E-state index in [9.17, 15) is 14.0 Å². The number of amides is 2. The summed E-state index contributed by atoms with van der Waals surface area (Å²) in [6.45, 7) is 9.44. The molecule has 0 spiro atoms. The molecule has 0 bridgehead atoms. The van der Waals surface area contributed by atoms with Gasteiger partial charge >= 0.3 is 0 Å². The smallest absolute Gasteiger partial charge is 0.257 e. The molecule has 0 radical (unpaired) electrons. The van der Waals surface area contributed by atoms with E-state index in [-0.39, 0.29) is 22.8 Å². The van der Waals surface area contributed by atoms with Gasteiger partial charge in [-0.3, -0.25) is 9.59 Å². The lowest BCUT2D eigenvalue weighted by Gasteiger charge is -2.41. The normalized spacial score (nSPS) is 19.5. The van der Waals surface area contributed by atoms with Crippen LogP contribution in [0, 0.1) is 18.7 Å². The molecule has 2 amide bonds. The first-order chi connectivity index (χ1) is 19.6. The van der Waals surface area contributed by atoms with E-state index >= 15 is 0 Å². The van der Waals surface area contributed by atoms with Gasteiger partial charge in [0.1, 0.15) is 5.82 Å². The van der Waals surface area contributed by atoms with Gasteiger partial charge in [0, 0.05) is 24.8 Å². The number of likely N-dealkylation sites (tertiary alicyclic amines) is 1. The Kier molecular flexibility index (Phi) is 8.60. The average Bonchev–Trinajstić information content (AvgIpc) is 2.91. The molecule has 1 saturated heterocycles. The summed E-state index contributed by atoms with van der Waals surface area (Å²) in [7, 11) is 0. The van der Waals surface area contributed by atoms with Crippen molar-refractivity contribution < 1.29 is 14.0 Å². The molecule has 2 atom stereocenters. The van der Waals surface area contributed by atoms with Gasteiger partial charge in [0.2, 0.25) is 5.91 Å². The van der Waals surface area contributed by atoms with Gasteiger partial charge in [0.25, 0.3) is 5.91 Å². The van der Waals surface area contributed by atoms with E-state index in [0.717, 1.165) is 23.4 Å². The minimum Gasteiger partial charge on any atom is -0.331 e. The molecule has 6 heteroatoms. The average molecular weight is 556 g/mol. The number of anilines is 1. The van der Waals surface area contributed by atoms with E-state index < -0.39 is 17.8 Å². The van der Waals surface area contributed by atoms with E-state index in [1.54, 1.807) is 24.0 Å². The zero-order valence-electron chi connectivity index (χ0n) is 24.7. The molecular weight excluding hydrogens is 513 g/mol. The maximum Gasteiger partial charge on any atom is 0.257 e. The van der Waals surface area contributed by atoms with Crippen molar-refractivity contribution in [1.82, 2.24) is 10.2 Å². The van der Waals surface area contributed by atoms with E-state index in [0.29, 0.717) is 31.0 Å². The van der Waals surface area contributed by atoms with Crippen LogP contribution < -0.4 is 10.6 Å². The van der Waals surface area contributed by atoms with Crippen LogP contribution >= 0.6 is 0 Å². The Bertz CT molecular complexity index is 1370. The third kappa shape index (κ3) is 6.54. The van der Waals surface area contributed by atoms with Gasteiger partial charge in [0.15, 0.2) is 0 Å². The molecule has 1 saturated carbocycles. The van der Waals surface area contributed by atoms with Gasteiger partial charge in [-0.15, -0.1) is 0 Å². The van der Waals surface area contributed by atoms with Crippen molar-refractivity contribution in [2.75, 3.05) is 11.9 Å². The van der Waals surface area contributed by atoms with E-state index in [1.165, 1.54) is 30.9 Å². The third-order valence-electron chi connectivity index (χ3n) is 8.68. The highest BCUT2D eigenvalue weighted by Crippen LogP contribution is 2.39. The molecule has 1 heterocycles. The van der Waals surface area contributed by atoms with Gasteiger partial charge in [0.05, 0.1) is 17.5 Å². The number of hydrogen-bond donors (Lipinski definition) is 2. The van der Waals surface area contributed by atoms with Crippen molar-refractivity contribution in [2.45, 2.75) is 83.8 Å². The molecule has 2 unspecified atom stereocenters. The first-order valence-corrected chi connectivity index (χ1v) is 14.9. The van der Waals surface area contributed by atoms with Crippen molar-refractivity contribution in [1.29, 1.82) is 0 Å². The summed E-state index contributed by atoms with van der Waals surface area (Å²) in [6.07, 6.45) is 5.04. The molecule has 0 aromatic heterocycles. The lowest BCUT2D eigenvalue weighted by Crippen LogP contribution is -2.46. The summed E-state index contributed by atoms with van der Waals surface area (Å²) in [4.78, 5) is 29.6. The standard InChI is InChI=1S/C35H42FN3O2/c1-23-9-5-15-30(36)31(23)34(41)39-20-8-14-29(33(40)38-28-13-6-10-26(21-28)35(2,3)4)32(39)25-18-16-24(17-19-25)22-37-27-11-7-12-27/h5-6,9-10,13,15-19,21,27,29,32,37H,7-8,11-12,14,20,22H2,1-4H3,(H,38,40). The number of hydrogen-bond acceptors (Lipinski definition) is 3. The monoisotopic (exact) mass is 555 g/mol. The molecular formula is C35H42FN3O2. The molecule has 5 nitrogen and oxygen atoms in total. The molecule has 3 aromatic rings. The fourth-order valence-corrected chi connectivity index (χ4v) is 5.96. The summed E-state index contributed by atoms with van der Waals surface area (Å²) in [6, 6.07) is 21.0. The molecule has 5 rings (SSSR count). The van der Waals surface area contributed by atoms with Crippen molar-refractivity contribution in [3.63, 3.8) is 0 Å². The fraction of sp³-hybridized carbons (Fsp3) is 0.429. The van der Waals surface area contributed by atoms with E-state index in [4.69, 9.17) is 0 Å². The second-order valence-corrected chi connectivity index (χ2v) is 12.7. The SMILES string of the molecule is Cc1cccc(F)c1C(=O)N1CCCC(C(=O)Nc2cccc(C(C)(C)C)c2)C1c1ccc(CNC2CCC2)cc1. The maximum atomic E-state index is 15.0. The lowest BCUT2D eigenvalue weighted by atomic mass is 9.82. The second kappa shape index (κ2) is 12.2. The molecule has 1 aliphatic carbocycles. The van der Waals surface area contributed by atoms with Crippen molar-refractivity contribution in [3.05, 3.63) is 100 Å². The highest BCUT2D eigenvalue weighted by molar-refractivity contribution is 5.98. The number of aryl methyl sites for hydroxylation is 1. The Balaban J connectivity index is 1.45. The van der Waals surface area contributed by atoms with E-state index in [1.807, 2.05) is 30.3 Å². The van der Waals surface area contributed by atoms with Gasteiger partial charge in [-0.2, -0.15) is 0 Å². The largest absolute Gasteiger partial charge is 0.331 e. The van der Waals surface area contributed by atoms with Crippen LogP contribution in [0.25, 0.3) is 0 Å². The van der Waals surface area contributed by atoms with Crippen LogP contribution in [-0.2, 0) is 16.8 Å². The highest BCUT2D eigenvalue weighted by atomic mass is 19.1. The Hall–Kier alpha value is -3.51. The van der Waals surface area contributed by atoms with Crippen molar-refractivity contribution in [2.24, 2.45) is 5.92 Å². The summed E-state index contributed by atoms with van der Waals surface area (Å²) in [5, 5.41) is 6.74. The third-order valence-corrected chi connectivity index (χ3v) is 8.68. The number of carbonyl (C=O) groups is 2. The number of halogens is 1. The summed E-state index contributed by atoms with van der Waals surface area (Å²) in [5.74, 6) is -1.50. The number of carbonyl (C=O) groups excluding carboxylic acids is 2. The van der Waals surface area contributed by atoms with Crippen molar-refractivity contribution in [3.8, 4) is 0 Å². The quantitative estimate of drug-likeness (QED) is 0.321.